The lowest BCUT2D eigenvalue weighted by Gasteiger charge is -2.25. The van der Waals surface area contributed by atoms with Gasteiger partial charge in [0.15, 0.2) is 0 Å². The van der Waals surface area contributed by atoms with Crippen LogP contribution in [0.2, 0.25) is 0 Å². The Bertz CT molecular complexity index is 497. The summed E-state index contributed by atoms with van der Waals surface area (Å²) in [6, 6.07) is 4.04. The van der Waals surface area contributed by atoms with Gasteiger partial charge in [0.2, 0.25) is 0 Å². The minimum absolute atomic E-state index is 0.0462. The molecule has 18 heavy (non-hydrogen) atoms. The molecular weight excluding hydrogens is 240 g/mol. The van der Waals surface area contributed by atoms with E-state index in [2.05, 4.69) is 51.4 Å². The third-order valence-electron chi connectivity index (χ3n) is 3.37. The molecule has 0 aliphatic carbocycles. The monoisotopic (exact) mass is 262 g/mol. The number of hydrogen-bond acceptors (Lipinski definition) is 2. The summed E-state index contributed by atoms with van der Waals surface area (Å²) in [6.07, 6.45) is 2.78. The Hall–Kier alpha value is -1.02. The quantitative estimate of drug-likeness (QED) is 0.744. The van der Waals surface area contributed by atoms with Crippen molar-refractivity contribution in [3.05, 3.63) is 46.0 Å². The average Bonchev–Trinajstić information content (AvgIpc) is 2.83. The van der Waals surface area contributed by atoms with Crippen molar-refractivity contribution in [3.8, 4) is 0 Å². The molecule has 98 valence electrons. The van der Waals surface area contributed by atoms with E-state index < -0.39 is 0 Å². The smallest absolute Gasteiger partial charge is 0.109 e. The zero-order valence-electron chi connectivity index (χ0n) is 11.9. The Balaban J connectivity index is 2.28. The first-order valence-corrected chi connectivity index (χ1v) is 7.34. The van der Waals surface area contributed by atoms with Crippen LogP contribution in [-0.4, -0.2) is 0 Å². The molecule has 0 N–H and O–H groups in total. The van der Waals surface area contributed by atoms with Crippen molar-refractivity contribution >= 4 is 11.3 Å². The summed E-state index contributed by atoms with van der Waals surface area (Å²) in [7, 11) is 0. The van der Waals surface area contributed by atoms with Gasteiger partial charge in [0.25, 0.3) is 0 Å². The highest BCUT2D eigenvalue weighted by atomic mass is 32.1. The molecule has 2 heterocycles. The third-order valence-corrected chi connectivity index (χ3v) is 4.16. The molecular formula is C16H22OS. The molecule has 0 fully saturated rings. The molecule has 0 amide bonds. The van der Waals surface area contributed by atoms with E-state index in [9.17, 15) is 0 Å². The molecule has 0 bridgehead atoms. The Morgan fingerprint density at radius 2 is 1.83 bits per heavy atom. The highest BCUT2D eigenvalue weighted by Crippen LogP contribution is 2.35. The fourth-order valence-electron chi connectivity index (χ4n) is 2.35. The predicted molar refractivity (Wildman–Crippen MR) is 78.5 cm³/mol. The Morgan fingerprint density at radius 3 is 2.39 bits per heavy atom. The molecule has 0 radical (unpaired) electrons. The molecule has 0 aliphatic rings. The first-order valence-electron chi connectivity index (χ1n) is 6.40. The highest BCUT2D eigenvalue weighted by Gasteiger charge is 2.28. The van der Waals surface area contributed by atoms with Crippen LogP contribution in [-0.2, 0) is 17.3 Å². The van der Waals surface area contributed by atoms with E-state index in [4.69, 9.17) is 4.42 Å². The van der Waals surface area contributed by atoms with E-state index in [0.717, 1.165) is 12.2 Å². The summed E-state index contributed by atoms with van der Waals surface area (Å²) < 4.78 is 5.58. The van der Waals surface area contributed by atoms with E-state index in [1.165, 1.54) is 11.1 Å². The van der Waals surface area contributed by atoms with Crippen LogP contribution in [0.5, 0.6) is 0 Å². The maximum atomic E-state index is 5.58. The van der Waals surface area contributed by atoms with Crippen LogP contribution in [0.1, 0.15) is 51.5 Å². The second kappa shape index (κ2) is 4.58. The van der Waals surface area contributed by atoms with Gasteiger partial charge in [0.1, 0.15) is 5.76 Å². The van der Waals surface area contributed by atoms with Gasteiger partial charge in [-0.1, -0.05) is 34.6 Å². The van der Waals surface area contributed by atoms with Gasteiger partial charge >= 0.3 is 0 Å². The van der Waals surface area contributed by atoms with Crippen molar-refractivity contribution in [1.82, 2.24) is 0 Å². The van der Waals surface area contributed by atoms with E-state index in [1.54, 1.807) is 17.6 Å². The summed E-state index contributed by atoms with van der Waals surface area (Å²) in [5.41, 5.74) is 3.18. The molecule has 0 unspecified atom stereocenters. The van der Waals surface area contributed by atoms with E-state index in [1.807, 2.05) is 6.07 Å². The number of furan rings is 1. The second-order valence-electron chi connectivity index (χ2n) is 6.60. The largest absolute Gasteiger partial charge is 0.469 e. The summed E-state index contributed by atoms with van der Waals surface area (Å²) >= 11 is 1.80. The molecule has 0 saturated carbocycles. The van der Waals surface area contributed by atoms with Crippen LogP contribution in [0.4, 0.5) is 0 Å². The van der Waals surface area contributed by atoms with Gasteiger partial charge in [-0.15, -0.1) is 0 Å². The number of thiophene rings is 1. The maximum absolute atomic E-state index is 5.58. The molecule has 1 nitrogen and oxygen atoms in total. The molecule has 2 heteroatoms. The molecule has 2 aromatic heterocycles. The number of rotatable bonds is 3. The van der Waals surface area contributed by atoms with Crippen LogP contribution < -0.4 is 0 Å². The standard InChI is InChI=1S/C16H22OS/c1-15(2,3)13-11-18-10-12(13)9-16(4,5)14-7-6-8-17-14/h6-8,10-11H,9H2,1-5H3. The summed E-state index contributed by atoms with van der Waals surface area (Å²) in [5, 5.41) is 4.57. The fourth-order valence-corrected chi connectivity index (χ4v) is 3.43. The van der Waals surface area contributed by atoms with Crippen LogP contribution in [0.3, 0.4) is 0 Å². The zero-order valence-corrected chi connectivity index (χ0v) is 12.7. The van der Waals surface area contributed by atoms with Crippen LogP contribution in [0, 0.1) is 0 Å². The van der Waals surface area contributed by atoms with E-state index in [0.29, 0.717) is 0 Å². The number of hydrogen-bond donors (Lipinski definition) is 0. The first kappa shape index (κ1) is 13.4. The van der Waals surface area contributed by atoms with Crippen molar-refractivity contribution in [1.29, 1.82) is 0 Å². The van der Waals surface area contributed by atoms with Gasteiger partial charge in [-0.2, -0.15) is 11.3 Å². The van der Waals surface area contributed by atoms with Gasteiger partial charge < -0.3 is 4.42 Å². The van der Waals surface area contributed by atoms with Crippen LogP contribution >= 0.6 is 11.3 Å². The van der Waals surface area contributed by atoms with E-state index in [-0.39, 0.29) is 10.8 Å². The normalized spacial score (nSPS) is 12.9. The van der Waals surface area contributed by atoms with Gasteiger partial charge in [-0.3, -0.25) is 0 Å². The van der Waals surface area contributed by atoms with Crippen LogP contribution in [0.15, 0.2) is 33.6 Å². The van der Waals surface area contributed by atoms with Crippen LogP contribution in [0.25, 0.3) is 0 Å². The second-order valence-corrected chi connectivity index (χ2v) is 7.34. The zero-order chi connectivity index (χ0) is 13.4. The Kier molecular flexibility index (Phi) is 3.41. The molecule has 0 aromatic carbocycles. The van der Waals surface area contributed by atoms with Crippen molar-refractivity contribution in [2.45, 2.75) is 51.9 Å². The lowest BCUT2D eigenvalue weighted by molar-refractivity contribution is 0.380. The lowest BCUT2D eigenvalue weighted by atomic mass is 9.79. The van der Waals surface area contributed by atoms with Gasteiger partial charge in [-0.05, 0) is 45.9 Å². The van der Waals surface area contributed by atoms with Gasteiger partial charge in [0, 0.05) is 5.41 Å². The molecule has 0 aliphatic heterocycles. The topological polar surface area (TPSA) is 13.1 Å². The van der Waals surface area contributed by atoms with Crippen molar-refractivity contribution in [3.63, 3.8) is 0 Å². The van der Waals surface area contributed by atoms with Crippen molar-refractivity contribution in [2.75, 3.05) is 0 Å². The Labute approximate surface area is 114 Å². The molecule has 2 rings (SSSR count). The molecule has 0 spiro atoms. The summed E-state index contributed by atoms with van der Waals surface area (Å²) in [6.45, 7) is 11.3. The SMILES string of the molecule is CC(C)(C)c1cscc1CC(C)(C)c1ccco1. The minimum Gasteiger partial charge on any atom is -0.469 e. The maximum Gasteiger partial charge on any atom is 0.109 e. The molecule has 2 aromatic rings. The van der Waals surface area contributed by atoms with E-state index >= 15 is 0 Å². The van der Waals surface area contributed by atoms with Crippen molar-refractivity contribution in [2.24, 2.45) is 0 Å². The fraction of sp³-hybridized carbons (Fsp3) is 0.500. The highest BCUT2D eigenvalue weighted by molar-refractivity contribution is 7.08. The molecule has 0 saturated heterocycles. The Morgan fingerprint density at radius 1 is 1.11 bits per heavy atom. The van der Waals surface area contributed by atoms with Gasteiger partial charge in [0.05, 0.1) is 6.26 Å². The average molecular weight is 262 g/mol. The first-order chi connectivity index (χ1) is 8.31. The lowest BCUT2D eigenvalue weighted by Crippen LogP contribution is -2.22. The summed E-state index contributed by atoms with van der Waals surface area (Å²) in [4.78, 5) is 0. The predicted octanol–water partition coefficient (Wildman–Crippen LogP) is 5.16. The third kappa shape index (κ3) is 2.69. The minimum atomic E-state index is 0.0462. The van der Waals surface area contributed by atoms with Gasteiger partial charge in [-0.25, -0.2) is 0 Å². The molecule has 0 atom stereocenters. The van der Waals surface area contributed by atoms with Crippen molar-refractivity contribution < 1.29 is 4.42 Å². The summed E-state index contributed by atoms with van der Waals surface area (Å²) in [5.74, 6) is 1.06.